The summed E-state index contributed by atoms with van der Waals surface area (Å²) in [5.74, 6) is 0.851. The first kappa shape index (κ1) is 25.4. The van der Waals surface area contributed by atoms with Gasteiger partial charge >= 0.3 is 6.01 Å². The van der Waals surface area contributed by atoms with Crippen molar-refractivity contribution in [3.63, 3.8) is 0 Å². The van der Waals surface area contributed by atoms with Gasteiger partial charge in [-0.05, 0) is 56.0 Å². The number of anilines is 2. The summed E-state index contributed by atoms with van der Waals surface area (Å²) in [6.45, 7) is 7.65. The Morgan fingerprint density at radius 2 is 2.10 bits per heavy atom. The molecule has 6 heterocycles. The SMILES string of the molecule is C[C@@H]1OC[C@@]2(Cc3nc(OC[C@@]45CCCN4C[C@H](F)C5)nc(N4CCCOCC4)c3CO2)c2cc(N)ccc21. The van der Waals surface area contributed by atoms with E-state index in [2.05, 4.69) is 16.7 Å². The van der Waals surface area contributed by atoms with E-state index in [1.165, 1.54) is 0 Å². The van der Waals surface area contributed by atoms with Crippen molar-refractivity contribution < 1.29 is 23.3 Å². The molecule has 3 fully saturated rings. The van der Waals surface area contributed by atoms with Crippen molar-refractivity contribution in [2.24, 2.45) is 0 Å². The minimum atomic E-state index is -0.802. The molecule has 1 aromatic heterocycles. The predicted octanol–water partition coefficient (Wildman–Crippen LogP) is 3.30. The Bertz CT molecular complexity index is 1240. The van der Waals surface area contributed by atoms with E-state index in [0.717, 1.165) is 73.7 Å². The number of benzene rings is 1. The molecular formula is C29H38FN5O4. The maximum absolute atomic E-state index is 14.4. The second kappa shape index (κ2) is 9.83. The average molecular weight is 540 g/mol. The highest BCUT2D eigenvalue weighted by Gasteiger charge is 2.50. The minimum Gasteiger partial charge on any atom is -0.461 e. The second-order valence-corrected chi connectivity index (χ2v) is 11.8. The molecule has 5 aliphatic rings. The van der Waals surface area contributed by atoms with E-state index in [0.29, 0.717) is 57.5 Å². The van der Waals surface area contributed by atoms with Gasteiger partial charge in [0, 0.05) is 50.3 Å². The minimum absolute atomic E-state index is 0.0347. The maximum Gasteiger partial charge on any atom is 0.318 e. The number of aromatic nitrogens is 2. The molecule has 2 N–H and O–H groups in total. The van der Waals surface area contributed by atoms with Crippen molar-refractivity contribution in [2.75, 3.05) is 63.2 Å². The van der Waals surface area contributed by atoms with Gasteiger partial charge in [-0.3, -0.25) is 4.90 Å². The lowest BCUT2D eigenvalue weighted by Crippen LogP contribution is -2.45. The highest BCUT2D eigenvalue weighted by atomic mass is 19.1. The zero-order valence-corrected chi connectivity index (χ0v) is 22.7. The standard InChI is InChI=1S/C29H38FN5O4/c1-19-22-5-4-21(31)12-24(22)29(18-37-19)14-25-23(16-39-29)26(34-7-3-10-36-11-9-34)33-27(32-25)38-17-28-6-2-8-35(28)15-20(30)13-28/h4-5,12,19-20H,2-3,6-11,13-18,31H2,1H3/t19-,20+,28-,29-/m0/s1. The number of nitrogens with two attached hydrogens (primary N) is 1. The van der Waals surface area contributed by atoms with Crippen LogP contribution in [0.1, 0.15) is 61.1 Å². The topological polar surface area (TPSA) is 95.2 Å². The third-order valence-corrected chi connectivity index (χ3v) is 9.32. The molecule has 0 aliphatic carbocycles. The van der Waals surface area contributed by atoms with Crippen molar-refractivity contribution in [3.8, 4) is 6.01 Å². The van der Waals surface area contributed by atoms with Gasteiger partial charge in [0.1, 0.15) is 24.2 Å². The molecular weight excluding hydrogens is 501 g/mol. The van der Waals surface area contributed by atoms with E-state index in [1.807, 2.05) is 18.2 Å². The Morgan fingerprint density at radius 3 is 3.03 bits per heavy atom. The number of nitrogen functional groups attached to an aromatic ring is 1. The van der Waals surface area contributed by atoms with Crippen LogP contribution in [0.4, 0.5) is 15.9 Å². The van der Waals surface area contributed by atoms with Crippen LogP contribution >= 0.6 is 0 Å². The highest BCUT2D eigenvalue weighted by Crippen LogP contribution is 2.46. The summed E-state index contributed by atoms with van der Waals surface area (Å²) in [5.41, 5.74) is 10.1. The predicted molar refractivity (Wildman–Crippen MR) is 144 cm³/mol. The van der Waals surface area contributed by atoms with Crippen molar-refractivity contribution in [2.45, 2.75) is 69.1 Å². The summed E-state index contributed by atoms with van der Waals surface area (Å²) in [4.78, 5) is 14.4. The van der Waals surface area contributed by atoms with E-state index in [1.54, 1.807) is 0 Å². The Hall–Kier alpha value is -2.53. The Kier molecular flexibility index (Phi) is 6.41. The first-order chi connectivity index (χ1) is 18.9. The molecule has 10 heteroatoms. The van der Waals surface area contributed by atoms with Crippen LogP contribution in [0, 0.1) is 0 Å². The van der Waals surface area contributed by atoms with Crippen LogP contribution in [0.2, 0.25) is 0 Å². The van der Waals surface area contributed by atoms with Crippen molar-refractivity contribution in [1.82, 2.24) is 14.9 Å². The lowest BCUT2D eigenvalue weighted by atomic mass is 9.80. The molecule has 39 heavy (non-hydrogen) atoms. The molecule has 9 nitrogen and oxygen atoms in total. The van der Waals surface area contributed by atoms with Gasteiger partial charge < -0.3 is 29.6 Å². The third kappa shape index (κ3) is 4.45. The number of halogens is 1. The van der Waals surface area contributed by atoms with Gasteiger partial charge in [-0.15, -0.1) is 0 Å². The first-order valence-electron chi connectivity index (χ1n) is 14.3. The second-order valence-electron chi connectivity index (χ2n) is 11.8. The van der Waals surface area contributed by atoms with E-state index < -0.39 is 11.8 Å². The number of rotatable bonds is 4. The molecule has 0 saturated carbocycles. The van der Waals surface area contributed by atoms with Gasteiger partial charge in [-0.2, -0.15) is 9.97 Å². The number of hydrogen-bond donors (Lipinski definition) is 1. The van der Waals surface area contributed by atoms with Gasteiger partial charge in [0.2, 0.25) is 0 Å². The fraction of sp³-hybridized carbons (Fsp3) is 0.655. The molecule has 7 rings (SSSR count). The van der Waals surface area contributed by atoms with Gasteiger partial charge in [-0.1, -0.05) is 6.07 Å². The Morgan fingerprint density at radius 1 is 1.18 bits per heavy atom. The van der Waals surface area contributed by atoms with Crippen molar-refractivity contribution in [1.29, 1.82) is 0 Å². The summed E-state index contributed by atoms with van der Waals surface area (Å²) in [7, 11) is 0. The molecule has 0 radical (unpaired) electrons. The fourth-order valence-electron chi connectivity index (χ4n) is 7.27. The number of fused-ring (bicyclic) bond motifs is 4. The Labute approximate surface area is 228 Å². The lowest BCUT2D eigenvalue weighted by molar-refractivity contribution is -0.148. The van der Waals surface area contributed by atoms with Crippen LogP contribution in [-0.2, 0) is 32.8 Å². The number of hydrogen-bond acceptors (Lipinski definition) is 9. The summed E-state index contributed by atoms with van der Waals surface area (Å²) in [6.07, 6.45) is 3.15. The molecule has 1 spiro atoms. The van der Waals surface area contributed by atoms with Crippen LogP contribution in [-0.4, -0.2) is 79.2 Å². The average Bonchev–Trinajstić information content (AvgIpc) is 3.31. The van der Waals surface area contributed by atoms with Gasteiger partial charge in [-0.25, -0.2) is 4.39 Å². The summed E-state index contributed by atoms with van der Waals surface area (Å²) >= 11 is 0. The zero-order valence-electron chi connectivity index (χ0n) is 22.7. The number of alkyl halides is 1. The van der Waals surface area contributed by atoms with E-state index in [-0.39, 0.29) is 11.6 Å². The molecule has 1 aromatic carbocycles. The van der Waals surface area contributed by atoms with Crippen LogP contribution < -0.4 is 15.4 Å². The van der Waals surface area contributed by atoms with E-state index >= 15 is 0 Å². The van der Waals surface area contributed by atoms with Gasteiger partial charge in [0.25, 0.3) is 0 Å². The maximum atomic E-state index is 14.4. The van der Waals surface area contributed by atoms with E-state index in [9.17, 15) is 4.39 Å². The molecule has 0 unspecified atom stereocenters. The van der Waals surface area contributed by atoms with Crippen LogP contribution in [0.3, 0.4) is 0 Å². The molecule has 2 aromatic rings. The Balaban J connectivity index is 1.25. The normalized spacial score (nSPS) is 32.5. The molecule has 210 valence electrons. The van der Waals surface area contributed by atoms with Crippen LogP contribution in [0.25, 0.3) is 0 Å². The molecule has 3 saturated heterocycles. The number of ether oxygens (including phenoxy) is 4. The van der Waals surface area contributed by atoms with Gasteiger partial charge in [0.05, 0.1) is 37.2 Å². The molecule has 5 aliphatic heterocycles. The first-order valence-corrected chi connectivity index (χ1v) is 14.3. The van der Waals surface area contributed by atoms with E-state index in [4.69, 9.17) is 34.6 Å². The summed E-state index contributed by atoms with van der Waals surface area (Å²) in [5, 5.41) is 0. The van der Waals surface area contributed by atoms with Crippen molar-refractivity contribution in [3.05, 3.63) is 40.6 Å². The quantitative estimate of drug-likeness (QED) is 0.587. The number of nitrogens with zero attached hydrogens (tertiary/aromatic N) is 4. The van der Waals surface area contributed by atoms with Crippen molar-refractivity contribution >= 4 is 11.5 Å². The fourth-order valence-corrected chi connectivity index (χ4v) is 7.27. The van der Waals surface area contributed by atoms with Crippen LogP contribution in [0.5, 0.6) is 6.01 Å². The summed E-state index contributed by atoms with van der Waals surface area (Å²) < 4.78 is 39.4. The summed E-state index contributed by atoms with van der Waals surface area (Å²) in [6, 6.07) is 6.33. The smallest absolute Gasteiger partial charge is 0.318 e. The van der Waals surface area contributed by atoms with Gasteiger partial charge in [0.15, 0.2) is 0 Å². The molecule has 0 bridgehead atoms. The highest BCUT2D eigenvalue weighted by molar-refractivity contribution is 5.54. The molecule has 0 amide bonds. The van der Waals surface area contributed by atoms with Crippen LogP contribution in [0.15, 0.2) is 18.2 Å². The lowest BCUT2D eigenvalue weighted by Gasteiger charge is -2.44. The molecule has 4 atom stereocenters. The third-order valence-electron chi connectivity index (χ3n) is 9.32. The monoisotopic (exact) mass is 539 g/mol. The largest absolute Gasteiger partial charge is 0.461 e. The zero-order chi connectivity index (χ0) is 26.6.